The van der Waals surface area contributed by atoms with E-state index in [1.165, 1.54) is 55.2 Å². The van der Waals surface area contributed by atoms with E-state index < -0.39 is 0 Å². The molecule has 0 rings (SSSR count). The third-order valence-corrected chi connectivity index (χ3v) is 3.81. The monoisotopic (exact) mass is 300 g/mol. The van der Waals surface area contributed by atoms with Gasteiger partial charge in [0.05, 0.1) is 0 Å². The highest BCUT2D eigenvalue weighted by atomic mass is 14.0. The average Bonchev–Trinajstić information content (AvgIpc) is 2.44. The van der Waals surface area contributed by atoms with Gasteiger partial charge in [-0.3, -0.25) is 0 Å². The van der Waals surface area contributed by atoms with Crippen molar-refractivity contribution in [2.45, 2.75) is 73.1 Å². The molecule has 0 heterocycles. The highest BCUT2D eigenvalue weighted by Crippen LogP contribution is 2.14. The third-order valence-electron chi connectivity index (χ3n) is 3.81. The first-order chi connectivity index (χ1) is 10.5. The summed E-state index contributed by atoms with van der Waals surface area (Å²) in [7, 11) is 0. The van der Waals surface area contributed by atoms with Crippen molar-refractivity contribution >= 4 is 0 Å². The van der Waals surface area contributed by atoms with Crippen LogP contribution in [0.3, 0.4) is 0 Å². The third kappa shape index (κ3) is 13.7. The predicted molar refractivity (Wildman–Crippen MR) is 103 cm³/mol. The second-order valence-electron chi connectivity index (χ2n) is 6.64. The molecule has 0 radical (unpaired) electrons. The van der Waals surface area contributed by atoms with Crippen molar-refractivity contribution in [1.82, 2.24) is 0 Å². The lowest BCUT2D eigenvalue weighted by atomic mass is 10.0. The van der Waals surface area contributed by atoms with Crippen molar-refractivity contribution in [2.24, 2.45) is 5.92 Å². The number of allylic oxidation sites excluding steroid dienone is 9. The lowest BCUT2D eigenvalue weighted by Crippen LogP contribution is -1.88. The van der Waals surface area contributed by atoms with Crippen molar-refractivity contribution in [1.29, 1.82) is 0 Å². The second-order valence-corrected chi connectivity index (χ2v) is 6.64. The second kappa shape index (κ2) is 13.4. The van der Waals surface area contributed by atoms with Crippen LogP contribution < -0.4 is 0 Å². The summed E-state index contributed by atoms with van der Waals surface area (Å²) in [6.07, 6.45) is 20.4. The number of hydrogen-bond donors (Lipinski definition) is 0. The van der Waals surface area contributed by atoms with Gasteiger partial charge in [-0.15, -0.1) is 0 Å². The first-order valence-corrected chi connectivity index (χ1v) is 8.69. The van der Waals surface area contributed by atoms with E-state index in [0.717, 1.165) is 0 Å². The topological polar surface area (TPSA) is 0 Å². The molecule has 124 valence electrons. The molecule has 0 spiro atoms. The van der Waals surface area contributed by atoms with E-state index in [4.69, 9.17) is 0 Å². The van der Waals surface area contributed by atoms with Crippen molar-refractivity contribution in [3.05, 3.63) is 59.8 Å². The summed E-state index contributed by atoms with van der Waals surface area (Å²) in [6.45, 7) is 14.8. The Morgan fingerprint density at radius 3 is 1.95 bits per heavy atom. The summed E-state index contributed by atoms with van der Waals surface area (Å²) < 4.78 is 0. The highest BCUT2D eigenvalue weighted by Gasteiger charge is 1.96. The summed E-state index contributed by atoms with van der Waals surface area (Å²) in [6, 6.07) is 0. The fourth-order valence-corrected chi connectivity index (χ4v) is 2.30. The fraction of sp³-hybridized carbons (Fsp3) is 0.545. The molecule has 0 aromatic carbocycles. The van der Waals surface area contributed by atoms with Crippen LogP contribution in [0.15, 0.2) is 59.8 Å². The molecule has 0 aliphatic rings. The first kappa shape index (κ1) is 20.7. The Labute approximate surface area is 139 Å². The molecule has 0 saturated carbocycles. The van der Waals surface area contributed by atoms with Crippen molar-refractivity contribution in [3.8, 4) is 0 Å². The molecule has 0 aromatic rings. The van der Waals surface area contributed by atoms with Gasteiger partial charge < -0.3 is 0 Å². The molecule has 0 heteroatoms. The van der Waals surface area contributed by atoms with Crippen LogP contribution in [0.1, 0.15) is 73.1 Å². The predicted octanol–water partition coefficient (Wildman–Crippen LogP) is 7.56. The Hall–Kier alpha value is -1.30. The van der Waals surface area contributed by atoms with E-state index in [1.54, 1.807) is 0 Å². The van der Waals surface area contributed by atoms with E-state index in [0.29, 0.717) is 5.92 Å². The highest BCUT2D eigenvalue weighted by molar-refractivity contribution is 5.06. The van der Waals surface area contributed by atoms with Gasteiger partial charge in [-0.25, -0.2) is 0 Å². The summed E-state index contributed by atoms with van der Waals surface area (Å²) in [5.74, 6) is 0.638. The number of rotatable bonds is 11. The van der Waals surface area contributed by atoms with E-state index in [1.807, 2.05) is 12.2 Å². The van der Waals surface area contributed by atoms with Gasteiger partial charge in [0.2, 0.25) is 0 Å². The first-order valence-electron chi connectivity index (χ1n) is 8.69. The maximum absolute atomic E-state index is 3.71. The van der Waals surface area contributed by atoms with E-state index in [9.17, 15) is 0 Å². The normalized spacial score (nSPS) is 14.2. The van der Waals surface area contributed by atoms with Gasteiger partial charge in [-0.1, -0.05) is 66.7 Å². The van der Waals surface area contributed by atoms with Gasteiger partial charge in [-0.2, -0.15) is 0 Å². The summed E-state index contributed by atoms with van der Waals surface area (Å²) in [5, 5.41) is 0. The molecule has 0 aliphatic carbocycles. The van der Waals surface area contributed by atoms with Crippen LogP contribution >= 0.6 is 0 Å². The van der Waals surface area contributed by atoms with Gasteiger partial charge in [0.1, 0.15) is 0 Å². The molecule has 0 amide bonds. The van der Waals surface area contributed by atoms with Crippen LogP contribution in [0.2, 0.25) is 0 Å². The van der Waals surface area contributed by atoms with Crippen LogP contribution in [-0.4, -0.2) is 0 Å². The molecule has 0 fully saturated rings. The zero-order valence-corrected chi connectivity index (χ0v) is 15.5. The molecule has 1 unspecified atom stereocenters. The zero-order valence-electron chi connectivity index (χ0n) is 15.5. The van der Waals surface area contributed by atoms with Crippen molar-refractivity contribution in [2.75, 3.05) is 0 Å². The summed E-state index contributed by atoms with van der Waals surface area (Å²) in [4.78, 5) is 0. The van der Waals surface area contributed by atoms with Gasteiger partial charge >= 0.3 is 0 Å². The van der Waals surface area contributed by atoms with Crippen molar-refractivity contribution < 1.29 is 0 Å². The Bertz CT molecular complexity index is 411. The van der Waals surface area contributed by atoms with Crippen LogP contribution in [0, 0.1) is 5.92 Å². The Morgan fingerprint density at radius 1 is 0.864 bits per heavy atom. The standard InChI is InChI=1S/C22H36/c1-7-8-13-20(4)15-10-17-22(6)18-11-16-21(5)14-9-12-19(2)3/h7-8,12-13,16-17,20H,1,9-11,14-15,18H2,2-6H3/b13-8+,21-16?,22-17?. The summed E-state index contributed by atoms with van der Waals surface area (Å²) in [5.41, 5.74) is 4.46. The van der Waals surface area contributed by atoms with Gasteiger partial charge in [0.25, 0.3) is 0 Å². The summed E-state index contributed by atoms with van der Waals surface area (Å²) >= 11 is 0. The molecule has 0 nitrogen and oxygen atoms in total. The molecule has 1 atom stereocenters. The molecular formula is C22H36. The van der Waals surface area contributed by atoms with E-state index in [-0.39, 0.29) is 0 Å². The minimum atomic E-state index is 0.638. The quantitative estimate of drug-likeness (QED) is 0.273. The average molecular weight is 301 g/mol. The molecule has 22 heavy (non-hydrogen) atoms. The minimum Gasteiger partial charge on any atom is -0.0991 e. The smallest absolute Gasteiger partial charge is 0.0256 e. The van der Waals surface area contributed by atoms with E-state index >= 15 is 0 Å². The van der Waals surface area contributed by atoms with Gasteiger partial charge in [0.15, 0.2) is 0 Å². The maximum atomic E-state index is 3.71. The van der Waals surface area contributed by atoms with Crippen molar-refractivity contribution in [3.63, 3.8) is 0 Å². The van der Waals surface area contributed by atoms with Crippen LogP contribution in [0.25, 0.3) is 0 Å². The lowest BCUT2D eigenvalue weighted by molar-refractivity contribution is 0.655. The zero-order chi connectivity index (χ0) is 16.8. The molecule has 0 aromatic heterocycles. The van der Waals surface area contributed by atoms with E-state index in [2.05, 4.69) is 65.5 Å². The Kier molecular flexibility index (Phi) is 12.6. The molecule has 0 aliphatic heterocycles. The largest absolute Gasteiger partial charge is 0.0991 e. The number of hydrogen-bond acceptors (Lipinski definition) is 0. The SMILES string of the molecule is C=C/C=C/C(C)CCC=C(C)CCC=C(C)CCC=C(C)C. The van der Waals surface area contributed by atoms with Gasteiger partial charge in [-0.05, 0) is 72.1 Å². The van der Waals surface area contributed by atoms with Crippen LogP contribution in [0.5, 0.6) is 0 Å². The maximum Gasteiger partial charge on any atom is -0.0256 e. The van der Waals surface area contributed by atoms with Crippen LogP contribution in [-0.2, 0) is 0 Å². The Balaban J connectivity index is 3.94. The molecular weight excluding hydrogens is 264 g/mol. The van der Waals surface area contributed by atoms with Gasteiger partial charge in [0, 0.05) is 0 Å². The minimum absolute atomic E-state index is 0.638. The Morgan fingerprint density at radius 2 is 1.41 bits per heavy atom. The molecule has 0 saturated heterocycles. The van der Waals surface area contributed by atoms with Crippen LogP contribution in [0.4, 0.5) is 0 Å². The molecule has 0 N–H and O–H groups in total. The fourth-order valence-electron chi connectivity index (χ4n) is 2.30. The lowest BCUT2D eigenvalue weighted by Gasteiger charge is -2.04. The molecule has 0 bridgehead atoms.